The maximum atomic E-state index is 12.8. The largest absolute Gasteiger partial charge is 0.468 e. The molecule has 0 amide bonds. The zero-order valence-corrected chi connectivity index (χ0v) is 15.0. The molecule has 2 aliphatic heterocycles. The predicted molar refractivity (Wildman–Crippen MR) is 96.7 cm³/mol. The second-order valence-corrected chi connectivity index (χ2v) is 7.28. The van der Waals surface area contributed by atoms with Crippen LogP contribution in [0.15, 0.2) is 24.3 Å². The minimum Gasteiger partial charge on any atom is -0.468 e. The number of carbonyl (C=O) groups is 1. The number of ether oxygens (including phenoxy) is 2. The van der Waals surface area contributed by atoms with E-state index in [4.69, 9.17) is 9.47 Å². The molecule has 1 aromatic heterocycles. The van der Waals surface area contributed by atoms with Crippen LogP contribution in [0.3, 0.4) is 0 Å². The number of nitrogens with one attached hydrogen (secondary N) is 1. The highest BCUT2D eigenvalue weighted by atomic mass is 16.5. The molecule has 0 saturated carbocycles. The van der Waals surface area contributed by atoms with Gasteiger partial charge in [-0.3, -0.25) is 4.79 Å². The van der Waals surface area contributed by atoms with Crippen molar-refractivity contribution in [3.63, 3.8) is 0 Å². The topological polar surface area (TPSA) is 54.6 Å². The summed E-state index contributed by atoms with van der Waals surface area (Å²) in [6.45, 7) is 3.79. The quantitative estimate of drug-likeness (QED) is 0.868. The van der Waals surface area contributed by atoms with Crippen molar-refractivity contribution in [2.45, 2.75) is 18.8 Å². The van der Waals surface area contributed by atoms with Crippen molar-refractivity contribution in [2.75, 3.05) is 40.5 Å². The summed E-state index contributed by atoms with van der Waals surface area (Å²) in [7, 11) is 3.24. The molecule has 2 aromatic rings. The number of benzene rings is 1. The Hall–Kier alpha value is -1.85. The number of fused-ring (bicyclic) bond motifs is 5. The molecule has 2 aliphatic rings. The fraction of sp³-hybridized carbons (Fsp3) is 0.550. The van der Waals surface area contributed by atoms with Crippen LogP contribution in [0.1, 0.15) is 23.6 Å². The highest BCUT2D eigenvalue weighted by molar-refractivity contribution is 5.88. The third-order valence-corrected chi connectivity index (χ3v) is 5.98. The molecular formula is C20H26N2O3. The van der Waals surface area contributed by atoms with Gasteiger partial charge in [0.25, 0.3) is 0 Å². The first-order valence-corrected chi connectivity index (χ1v) is 9.11. The van der Waals surface area contributed by atoms with Crippen LogP contribution in [0.4, 0.5) is 0 Å². The van der Waals surface area contributed by atoms with Gasteiger partial charge in [0, 0.05) is 49.9 Å². The standard InChI is InChI=1S/C20H26N2O3/c1-24-10-8-13-11-22-9-7-15-14-5-3-4-6-17(14)21-19(15)18(16(13)12-22)20(23)25-2/h3-6,13,16,18,21H,7-12H2,1-2H3/t13-,16?,18+/m1/s1. The van der Waals surface area contributed by atoms with Gasteiger partial charge >= 0.3 is 5.97 Å². The Morgan fingerprint density at radius 3 is 2.92 bits per heavy atom. The van der Waals surface area contributed by atoms with Gasteiger partial charge in [-0.1, -0.05) is 18.2 Å². The first-order chi connectivity index (χ1) is 12.2. The lowest BCUT2D eigenvalue weighted by atomic mass is 9.79. The highest BCUT2D eigenvalue weighted by Gasteiger charge is 2.44. The van der Waals surface area contributed by atoms with Crippen LogP contribution >= 0.6 is 0 Å². The maximum Gasteiger partial charge on any atom is 0.315 e. The van der Waals surface area contributed by atoms with E-state index in [-0.39, 0.29) is 17.8 Å². The van der Waals surface area contributed by atoms with E-state index in [1.54, 1.807) is 7.11 Å². The summed E-state index contributed by atoms with van der Waals surface area (Å²) in [5, 5.41) is 1.24. The van der Waals surface area contributed by atoms with Crippen molar-refractivity contribution in [1.29, 1.82) is 0 Å². The Kier molecular flexibility index (Phi) is 4.52. The zero-order valence-electron chi connectivity index (χ0n) is 15.0. The Labute approximate surface area is 148 Å². The van der Waals surface area contributed by atoms with Crippen molar-refractivity contribution in [3.8, 4) is 0 Å². The van der Waals surface area contributed by atoms with E-state index in [2.05, 4.69) is 28.1 Å². The fourth-order valence-electron chi connectivity index (χ4n) is 4.78. The number of esters is 1. The lowest BCUT2D eigenvalue weighted by Crippen LogP contribution is -2.32. The molecule has 2 bridgehead atoms. The van der Waals surface area contributed by atoms with Crippen molar-refractivity contribution in [3.05, 3.63) is 35.5 Å². The molecule has 25 heavy (non-hydrogen) atoms. The van der Waals surface area contributed by atoms with Crippen molar-refractivity contribution in [2.24, 2.45) is 11.8 Å². The summed E-state index contributed by atoms with van der Waals surface area (Å²) in [4.78, 5) is 18.9. The third kappa shape index (κ3) is 2.85. The smallest absolute Gasteiger partial charge is 0.315 e. The summed E-state index contributed by atoms with van der Waals surface area (Å²) in [6.07, 6.45) is 1.96. The van der Waals surface area contributed by atoms with E-state index in [1.807, 2.05) is 6.07 Å². The molecule has 1 fully saturated rings. The van der Waals surface area contributed by atoms with E-state index in [9.17, 15) is 4.79 Å². The number of rotatable bonds is 4. The van der Waals surface area contributed by atoms with E-state index >= 15 is 0 Å². The van der Waals surface area contributed by atoms with Crippen LogP contribution in [-0.4, -0.2) is 56.3 Å². The number of hydrogen-bond donors (Lipinski definition) is 1. The van der Waals surface area contributed by atoms with Crippen LogP contribution < -0.4 is 0 Å². The van der Waals surface area contributed by atoms with Gasteiger partial charge in [0.15, 0.2) is 0 Å². The fourth-order valence-corrected chi connectivity index (χ4v) is 4.78. The number of carbonyl (C=O) groups excluding carboxylic acids is 1. The molecule has 1 N–H and O–H groups in total. The van der Waals surface area contributed by atoms with Gasteiger partial charge < -0.3 is 19.4 Å². The molecule has 2 unspecified atom stereocenters. The summed E-state index contributed by atoms with van der Waals surface area (Å²) >= 11 is 0. The van der Waals surface area contributed by atoms with Crippen molar-refractivity contribution < 1.29 is 14.3 Å². The van der Waals surface area contributed by atoms with Gasteiger partial charge in [0.2, 0.25) is 0 Å². The second-order valence-electron chi connectivity index (χ2n) is 7.28. The number of H-pyrrole nitrogens is 1. The number of hydrogen-bond acceptors (Lipinski definition) is 4. The highest BCUT2D eigenvalue weighted by Crippen LogP contribution is 2.42. The molecule has 5 heteroatoms. The van der Waals surface area contributed by atoms with Gasteiger partial charge in [-0.15, -0.1) is 0 Å². The van der Waals surface area contributed by atoms with E-state index in [0.717, 1.165) is 50.3 Å². The minimum atomic E-state index is -0.223. The first-order valence-electron chi connectivity index (χ1n) is 9.11. The van der Waals surface area contributed by atoms with Crippen LogP contribution in [0.25, 0.3) is 10.9 Å². The van der Waals surface area contributed by atoms with Crippen molar-refractivity contribution in [1.82, 2.24) is 9.88 Å². The molecule has 1 aromatic carbocycles. The normalized spacial score (nSPS) is 28.4. The predicted octanol–water partition coefficient (Wildman–Crippen LogP) is 2.57. The number of aromatic nitrogens is 1. The Morgan fingerprint density at radius 1 is 1.28 bits per heavy atom. The summed E-state index contributed by atoms with van der Waals surface area (Å²) < 4.78 is 10.5. The molecule has 4 atom stereocenters. The Morgan fingerprint density at radius 2 is 2.12 bits per heavy atom. The number of aromatic amines is 1. The minimum absolute atomic E-state index is 0.121. The van der Waals surface area contributed by atoms with Gasteiger partial charge in [0.1, 0.15) is 5.92 Å². The number of nitrogens with zero attached hydrogens (tertiary/aromatic N) is 1. The van der Waals surface area contributed by atoms with E-state index < -0.39 is 0 Å². The molecule has 134 valence electrons. The van der Waals surface area contributed by atoms with Crippen LogP contribution in [0, 0.1) is 11.8 Å². The summed E-state index contributed by atoms with van der Waals surface area (Å²) in [5.41, 5.74) is 3.47. The summed E-state index contributed by atoms with van der Waals surface area (Å²) in [6, 6.07) is 8.35. The lowest BCUT2D eigenvalue weighted by Gasteiger charge is -2.28. The molecule has 0 aliphatic carbocycles. The first kappa shape index (κ1) is 16.6. The average Bonchev–Trinajstić information content (AvgIpc) is 3.19. The molecule has 0 radical (unpaired) electrons. The van der Waals surface area contributed by atoms with Crippen LogP contribution in [0.5, 0.6) is 0 Å². The molecule has 1 saturated heterocycles. The van der Waals surface area contributed by atoms with Crippen LogP contribution in [0.2, 0.25) is 0 Å². The average molecular weight is 342 g/mol. The van der Waals surface area contributed by atoms with Gasteiger partial charge in [-0.05, 0) is 36.3 Å². The molecule has 0 spiro atoms. The SMILES string of the molecule is COCC[C@@H]1CN2CCc3c([nH]c4ccccc34)[C@@H](C(=O)OC)C1C2. The molecule has 4 rings (SSSR count). The van der Waals surface area contributed by atoms with E-state index in [0.29, 0.717) is 5.92 Å². The third-order valence-electron chi connectivity index (χ3n) is 5.98. The van der Waals surface area contributed by atoms with Crippen LogP contribution in [-0.2, 0) is 20.7 Å². The van der Waals surface area contributed by atoms with Crippen molar-refractivity contribution >= 4 is 16.9 Å². The van der Waals surface area contributed by atoms with Gasteiger partial charge in [-0.25, -0.2) is 0 Å². The zero-order chi connectivity index (χ0) is 17.4. The maximum absolute atomic E-state index is 12.8. The second kappa shape index (κ2) is 6.81. The van der Waals surface area contributed by atoms with Gasteiger partial charge in [-0.2, -0.15) is 0 Å². The number of methoxy groups -OCH3 is 2. The van der Waals surface area contributed by atoms with Gasteiger partial charge in [0.05, 0.1) is 7.11 Å². The lowest BCUT2D eigenvalue weighted by molar-refractivity contribution is -0.144. The molecule has 5 nitrogen and oxygen atoms in total. The number of para-hydroxylation sites is 1. The monoisotopic (exact) mass is 342 g/mol. The summed E-state index contributed by atoms with van der Waals surface area (Å²) in [5.74, 6) is 0.389. The van der Waals surface area contributed by atoms with E-state index in [1.165, 1.54) is 18.1 Å². The molecule has 3 heterocycles. The molecular weight excluding hydrogens is 316 g/mol. The Bertz CT molecular complexity index is 769. The Balaban J connectivity index is 1.81.